The molecule has 18 rings (SSSR count). The summed E-state index contributed by atoms with van der Waals surface area (Å²) in [5, 5.41) is 42.7. The summed E-state index contributed by atoms with van der Waals surface area (Å²) in [6, 6.07) is 66.2. The van der Waals surface area contributed by atoms with Crippen LogP contribution in [0, 0.1) is 17.5 Å². The second kappa shape index (κ2) is 41.0. The fourth-order valence-electron chi connectivity index (χ4n) is 16.6. The van der Waals surface area contributed by atoms with Crippen LogP contribution in [0.2, 0.25) is 5.02 Å². The minimum Gasteiger partial charge on any atom is -0.379 e. The van der Waals surface area contributed by atoms with Crippen LogP contribution in [0.5, 0.6) is 0 Å². The fourth-order valence-corrected chi connectivity index (χ4v) is 16.8. The van der Waals surface area contributed by atoms with Gasteiger partial charge in [0.25, 0.3) is 23.6 Å². The van der Waals surface area contributed by atoms with Crippen LogP contribution in [-0.2, 0) is 67.9 Å². The third kappa shape index (κ3) is 19.5. The molecule has 4 aliphatic rings. The van der Waals surface area contributed by atoms with Crippen LogP contribution in [0.15, 0.2) is 212 Å². The van der Waals surface area contributed by atoms with E-state index in [1.165, 1.54) is 85.8 Å². The molecule has 10 aromatic carbocycles. The van der Waals surface area contributed by atoms with Crippen molar-refractivity contribution in [2.24, 2.45) is 0 Å². The van der Waals surface area contributed by atoms with E-state index < -0.39 is 46.6 Å². The fraction of sp³-hybridized carbons (Fsp3) is 0.284. The largest absolute Gasteiger partial charge is 0.379 e. The van der Waals surface area contributed by atoms with Crippen LogP contribution in [0.4, 0.5) is 13.2 Å². The van der Waals surface area contributed by atoms with Crippen LogP contribution in [-0.4, -0.2) is 156 Å². The summed E-state index contributed by atoms with van der Waals surface area (Å²) in [5.41, 5.74) is 23.0. The average molecular weight is 1650 g/mol. The number of rotatable bonds is 18. The number of fused-ring (bicyclic) bond motifs is 12. The topological polar surface area (TPSA) is 245 Å². The minimum atomic E-state index is -1.28. The Balaban J connectivity index is 0.000000137. The van der Waals surface area contributed by atoms with Gasteiger partial charge in [-0.05, 0) is 157 Å². The van der Waals surface area contributed by atoms with Crippen LogP contribution >= 0.6 is 11.6 Å². The molecule has 0 spiro atoms. The van der Waals surface area contributed by atoms with E-state index in [1.807, 2.05) is 148 Å². The Hall–Kier alpha value is -11.5. The van der Waals surface area contributed by atoms with E-state index >= 15 is 0 Å². The number of hydrogen-bond acceptors (Lipinski definition) is 13. The number of hydrogen-bond donors (Lipinski definition) is 8. The van der Waals surface area contributed by atoms with E-state index in [0.717, 1.165) is 196 Å². The molecule has 120 heavy (non-hydrogen) atoms. The highest BCUT2D eigenvalue weighted by atomic mass is 35.5. The zero-order valence-corrected chi connectivity index (χ0v) is 68.6. The summed E-state index contributed by atoms with van der Waals surface area (Å²) < 4.78 is 62.9. The van der Waals surface area contributed by atoms with Gasteiger partial charge in [-0.1, -0.05) is 155 Å². The Morgan fingerprint density at radius 2 is 0.792 bits per heavy atom. The van der Waals surface area contributed by atoms with Crippen molar-refractivity contribution in [3.8, 4) is 0 Å². The molecule has 4 aromatic heterocycles. The maximum atomic E-state index is 14.5. The molecular formula is C95H101ClF3N11O10. The number of amides is 4. The number of carbonyl (C=O) groups is 4. The lowest BCUT2D eigenvalue weighted by Gasteiger charge is -2.32. The van der Waals surface area contributed by atoms with Crippen LogP contribution in [0.25, 0.3) is 65.4 Å². The number of carbonyl (C=O) groups excluding carboxylic acids is 4. The maximum absolute atomic E-state index is 14.5. The Morgan fingerprint density at radius 3 is 1.30 bits per heavy atom. The molecular weight excluding hydrogens is 1550 g/mol. The number of halogens is 4. The highest BCUT2D eigenvalue weighted by Gasteiger charge is 2.28. The molecule has 0 atom stereocenters. The molecule has 8 N–H and O–H groups in total. The lowest BCUT2D eigenvalue weighted by molar-refractivity contribution is 0.0326. The molecule has 3 aliphatic heterocycles. The summed E-state index contributed by atoms with van der Waals surface area (Å²) >= 11 is 6.39. The quantitative estimate of drug-likeness (QED) is 0.0295. The SMILES string of the molecule is CC.CC.O=C(NO)c1ccc(Cn2c3c(c4cc(CCN5CCOCC5)ccc42)CCCC3)cc1.O=C(NO)c1ccc(Cn2c3c(c4cc(Cl)ccc42)CN(CCN2CCOCC2)CC3)cc1.O=C(NO)c1ccc(Cn2c3ccccc3c3ccccc32)c(F)c1.O=C(NO)c1ccc(Cn2c3ccccc3c3ccccc32)c(F)c1F. The van der Waals surface area contributed by atoms with Gasteiger partial charge in [-0.2, -0.15) is 0 Å². The summed E-state index contributed by atoms with van der Waals surface area (Å²) in [6.07, 6.45) is 6.84. The predicted molar refractivity (Wildman–Crippen MR) is 463 cm³/mol. The molecule has 0 saturated carbocycles. The first-order valence-electron chi connectivity index (χ1n) is 41.0. The number of morpholine rings is 2. The van der Waals surface area contributed by atoms with Crippen LogP contribution < -0.4 is 21.9 Å². The number of para-hydroxylation sites is 4. The number of ether oxygens (including phenoxy) is 2. The van der Waals surface area contributed by atoms with Gasteiger partial charge in [0, 0.05) is 188 Å². The number of nitrogens with zero attached hydrogens (tertiary/aromatic N) is 7. The molecule has 0 unspecified atom stereocenters. The number of hydroxylamine groups is 4. The third-order valence-corrected chi connectivity index (χ3v) is 22.9. The standard InChI is InChI=1S/C26H31N3O3.C25H29ClN4O3.C20H14F2N2O2.C20H15FN2O2.2C2H6/c30-26(27-31)21-8-5-20(6-9-21)18-29-24-4-2-1-3-22(24)23-17-19(7-10-25(23)29)11-12-28-13-15-32-16-14-28;26-20-5-6-23-21(15-20)22-17-29(10-9-28-11-13-33-14-12-28)8-7-24(22)30(23)16-18-1-3-19(4-2-18)25(31)27-32;21-18-12(9-10-15(19(18)22)20(25)23-26)11-24-16-7-3-1-5-13(16)14-6-2-4-8-17(14)24;21-17-11-13(20(24)22-25)9-10-14(17)12-23-18-7-3-1-5-15(18)16-6-2-4-8-19(16)23;2*1-2/h5-10,17,31H,1-4,11-16,18H2,(H,27,30);1-6,15,32H,7-14,16-17H2,(H,27,31);1-10,26H,11H2,(H,23,25);1-11,25H,12H2,(H,22,24);2*1-2H3. The van der Waals surface area contributed by atoms with E-state index in [-0.39, 0.29) is 17.7 Å². The molecule has 7 heterocycles. The Morgan fingerprint density at radius 1 is 0.375 bits per heavy atom. The van der Waals surface area contributed by atoms with Crippen molar-refractivity contribution in [2.45, 2.75) is 98.9 Å². The van der Waals surface area contributed by atoms with Crippen molar-refractivity contribution in [2.75, 3.05) is 78.8 Å². The number of benzene rings is 10. The number of aryl methyl sites for hydroxylation is 1. The number of nitrogens with one attached hydrogen (secondary N) is 4. The number of aromatic nitrogens is 4. The maximum Gasteiger partial charge on any atom is 0.277 e. The summed E-state index contributed by atoms with van der Waals surface area (Å²) in [7, 11) is 0. The Bertz CT molecular complexity index is 5830. The normalized spacial score (nSPS) is 14.1. The summed E-state index contributed by atoms with van der Waals surface area (Å²) in [5.74, 6) is -5.68. The highest BCUT2D eigenvalue weighted by Crippen LogP contribution is 2.38. The Labute approximate surface area is 699 Å². The van der Waals surface area contributed by atoms with Crippen molar-refractivity contribution in [1.82, 2.24) is 54.9 Å². The zero-order chi connectivity index (χ0) is 84.3. The summed E-state index contributed by atoms with van der Waals surface area (Å²) in [4.78, 5) is 53.6. The van der Waals surface area contributed by atoms with Gasteiger partial charge in [0.1, 0.15) is 5.82 Å². The molecule has 21 nitrogen and oxygen atoms in total. The molecule has 2 saturated heterocycles. The molecule has 0 bridgehead atoms. The van der Waals surface area contributed by atoms with Gasteiger partial charge in [-0.25, -0.2) is 35.1 Å². The second-order valence-corrected chi connectivity index (χ2v) is 30.0. The van der Waals surface area contributed by atoms with Crippen molar-refractivity contribution in [3.63, 3.8) is 0 Å². The van der Waals surface area contributed by atoms with Crippen LogP contribution in [0.1, 0.15) is 132 Å². The molecule has 2 fully saturated rings. The monoisotopic (exact) mass is 1650 g/mol. The lowest BCUT2D eigenvalue weighted by Crippen LogP contribution is -2.42. The zero-order valence-electron chi connectivity index (χ0n) is 67.9. The molecule has 0 radical (unpaired) electrons. The van der Waals surface area contributed by atoms with E-state index in [0.29, 0.717) is 23.2 Å². The van der Waals surface area contributed by atoms with Crippen LogP contribution in [0.3, 0.4) is 0 Å². The first-order valence-corrected chi connectivity index (χ1v) is 41.4. The molecule has 4 amide bonds. The molecule has 25 heteroatoms. The van der Waals surface area contributed by atoms with Gasteiger partial charge in [0.05, 0.1) is 45.1 Å². The third-order valence-electron chi connectivity index (χ3n) is 22.7. The van der Waals surface area contributed by atoms with Crippen molar-refractivity contribution >= 4 is 101 Å². The Kier molecular flexibility index (Phi) is 29.5. The van der Waals surface area contributed by atoms with E-state index in [4.69, 9.17) is 41.9 Å². The van der Waals surface area contributed by atoms with Crippen molar-refractivity contribution in [1.29, 1.82) is 0 Å². The van der Waals surface area contributed by atoms with Gasteiger partial charge in [0.15, 0.2) is 11.6 Å². The smallest absolute Gasteiger partial charge is 0.277 e. The average Bonchev–Trinajstić information content (AvgIpc) is 1.65. The van der Waals surface area contributed by atoms with E-state index in [9.17, 15) is 32.3 Å². The first-order chi connectivity index (χ1) is 58.6. The predicted octanol–water partition coefficient (Wildman–Crippen LogP) is 17.1. The van der Waals surface area contributed by atoms with E-state index in [1.54, 1.807) is 41.3 Å². The molecule has 1 aliphatic carbocycles. The summed E-state index contributed by atoms with van der Waals surface area (Å²) in [6.45, 7) is 22.6. The lowest BCUT2D eigenvalue weighted by atomic mass is 9.95. The van der Waals surface area contributed by atoms with Crippen molar-refractivity contribution < 1.29 is 62.7 Å². The second-order valence-electron chi connectivity index (χ2n) is 29.5. The van der Waals surface area contributed by atoms with Gasteiger partial charge in [0.2, 0.25) is 0 Å². The minimum absolute atomic E-state index is 0.0750. The molecule has 624 valence electrons. The highest BCUT2D eigenvalue weighted by molar-refractivity contribution is 6.31. The van der Waals surface area contributed by atoms with Gasteiger partial charge in [-0.3, -0.25) is 54.7 Å². The van der Waals surface area contributed by atoms with Crippen molar-refractivity contribution in [3.05, 3.63) is 307 Å². The van der Waals surface area contributed by atoms with Gasteiger partial charge < -0.3 is 27.7 Å². The van der Waals surface area contributed by atoms with Gasteiger partial charge in [-0.15, -0.1) is 0 Å². The molecule has 14 aromatic rings. The first kappa shape index (κ1) is 86.3. The van der Waals surface area contributed by atoms with Gasteiger partial charge >= 0.3 is 0 Å². The van der Waals surface area contributed by atoms with E-state index in [2.05, 4.69) is 70.9 Å².